The third-order valence-corrected chi connectivity index (χ3v) is 2.79. The number of aliphatic carboxylic acids is 1. The number of carbonyl (C=O) groups is 2. The highest BCUT2D eigenvalue weighted by molar-refractivity contribution is 9.10. The molecular formula is C11H11BrClNO3. The van der Waals surface area contributed by atoms with Gasteiger partial charge in [-0.1, -0.05) is 27.5 Å². The second-order valence-corrected chi connectivity index (χ2v) is 4.88. The van der Waals surface area contributed by atoms with E-state index in [1.165, 1.54) is 4.90 Å². The maximum absolute atomic E-state index is 11.9. The van der Waals surface area contributed by atoms with Crippen molar-refractivity contribution in [1.82, 2.24) is 4.90 Å². The van der Waals surface area contributed by atoms with Crippen molar-refractivity contribution in [2.75, 3.05) is 13.6 Å². The number of halogens is 2. The first kappa shape index (κ1) is 14.0. The van der Waals surface area contributed by atoms with E-state index in [9.17, 15) is 9.59 Å². The largest absolute Gasteiger partial charge is 0.481 e. The van der Waals surface area contributed by atoms with Gasteiger partial charge in [-0.3, -0.25) is 9.59 Å². The van der Waals surface area contributed by atoms with E-state index in [2.05, 4.69) is 15.9 Å². The van der Waals surface area contributed by atoms with Gasteiger partial charge < -0.3 is 10.0 Å². The van der Waals surface area contributed by atoms with Crippen molar-refractivity contribution in [3.05, 3.63) is 33.3 Å². The number of amides is 1. The summed E-state index contributed by atoms with van der Waals surface area (Å²) in [5.41, 5.74) is 0.428. The highest BCUT2D eigenvalue weighted by atomic mass is 79.9. The zero-order chi connectivity index (χ0) is 13.0. The van der Waals surface area contributed by atoms with Crippen LogP contribution in [-0.2, 0) is 4.79 Å². The quantitative estimate of drug-likeness (QED) is 0.928. The average Bonchev–Trinajstić information content (AvgIpc) is 2.23. The Morgan fingerprint density at radius 1 is 1.41 bits per heavy atom. The highest BCUT2D eigenvalue weighted by Gasteiger charge is 2.13. The van der Waals surface area contributed by atoms with Crippen molar-refractivity contribution in [2.24, 2.45) is 0 Å². The molecule has 0 atom stereocenters. The summed E-state index contributed by atoms with van der Waals surface area (Å²) < 4.78 is 0.708. The fourth-order valence-electron chi connectivity index (χ4n) is 1.26. The van der Waals surface area contributed by atoms with Crippen molar-refractivity contribution in [3.63, 3.8) is 0 Å². The number of hydrogen-bond acceptors (Lipinski definition) is 2. The minimum absolute atomic E-state index is 0.0794. The van der Waals surface area contributed by atoms with E-state index < -0.39 is 5.97 Å². The van der Waals surface area contributed by atoms with E-state index in [0.717, 1.165) is 0 Å². The first-order chi connectivity index (χ1) is 7.90. The van der Waals surface area contributed by atoms with Crippen molar-refractivity contribution in [1.29, 1.82) is 0 Å². The van der Waals surface area contributed by atoms with Gasteiger partial charge in [0.15, 0.2) is 0 Å². The van der Waals surface area contributed by atoms with Gasteiger partial charge in [0, 0.05) is 28.7 Å². The number of carboxylic acids is 1. The van der Waals surface area contributed by atoms with Gasteiger partial charge in [0.2, 0.25) is 0 Å². The van der Waals surface area contributed by atoms with Crippen molar-refractivity contribution in [3.8, 4) is 0 Å². The zero-order valence-corrected chi connectivity index (χ0v) is 11.5. The van der Waals surface area contributed by atoms with Gasteiger partial charge in [-0.05, 0) is 18.2 Å². The molecular weight excluding hydrogens is 309 g/mol. The lowest BCUT2D eigenvalue weighted by molar-refractivity contribution is -0.137. The molecule has 0 aliphatic rings. The molecule has 0 saturated heterocycles. The molecule has 0 unspecified atom stereocenters. The van der Waals surface area contributed by atoms with Crippen LogP contribution in [0.3, 0.4) is 0 Å². The van der Waals surface area contributed by atoms with E-state index in [1.54, 1.807) is 25.2 Å². The Morgan fingerprint density at radius 2 is 2.06 bits per heavy atom. The third kappa shape index (κ3) is 4.36. The molecule has 0 bridgehead atoms. The predicted molar refractivity (Wildman–Crippen MR) is 68.4 cm³/mol. The molecule has 1 rings (SSSR count). The summed E-state index contributed by atoms with van der Waals surface area (Å²) in [5, 5.41) is 8.99. The predicted octanol–water partition coefficient (Wildman–Crippen LogP) is 2.65. The normalized spacial score (nSPS) is 10.1. The molecule has 0 radical (unpaired) electrons. The van der Waals surface area contributed by atoms with Crippen molar-refractivity contribution >= 4 is 39.4 Å². The van der Waals surface area contributed by atoms with Crippen molar-refractivity contribution in [2.45, 2.75) is 6.42 Å². The average molecular weight is 321 g/mol. The molecule has 0 aromatic heterocycles. The fourth-order valence-corrected chi connectivity index (χ4v) is 2.12. The van der Waals surface area contributed by atoms with E-state index in [4.69, 9.17) is 16.7 Å². The molecule has 1 aromatic rings. The molecule has 1 aromatic carbocycles. The summed E-state index contributed by atoms with van der Waals surface area (Å²) in [6, 6.07) is 4.87. The van der Waals surface area contributed by atoms with Gasteiger partial charge in [-0.2, -0.15) is 0 Å². The van der Waals surface area contributed by atoms with Crippen molar-refractivity contribution < 1.29 is 14.7 Å². The minimum atomic E-state index is -0.933. The molecule has 4 nitrogen and oxygen atoms in total. The number of hydrogen-bond donors (Lipinski definition) is 1. The zero-order valence-electron chi connectivity index (χ0n) is 9.11. The lowest BCUT2D eigenvalue weighted by atomic mass is 10.2. The number of carboxylic acid groups (broad SMARTS) is 1. The molecule has 0 saturated carbocycles. The van der Waals surface area contributed by atoms with Crippen LogP contribution in [0.4, 0.5) is 0 Å². The molecule has 92 valence electrons. The topological polar surface area (TPSA) is 57.6 Å². The standard InChI is InChI=1S/C11H11BrClNO3/c1-14(3-2-10(15)16)11(17)7-4-8(12)6-9(13)5-7/h4-6H,2-3H2,1H3,(H,15,16). The van der Waals surface area contributed by atoms with Crippen LogP contribution in [0.1, 0.15) is 16.8 Å². The van der Waals surface area contributed by atoms with Gasteiger partial charge in [0.05, 0.1) is 6.42 Å². The molecule has 0 aliphatic carbocycles. The minimum Gasteiger partial charge on any atom is -0.481 e. The number of rotatable bonds is 4. The molecule has 0 fully saturated rings. The lowest BCUT2D eigenvalue weighted by Crippen LogP contribution is -2.29. The SMILES string of the molecule is CN(CCC(=O)O)C(=O)c1cc(Cl)cc(Br)c1. The number of nitrogens with zero attached hydrogens (tertiary/aromatic N) is 1. The van der Waals surface area contributed by atoms with Crippen LogP contribution >= 0.6 is 27.5 Å². The maximum atomic E-state index is 11.9. The summed E-state index contributed by atoms with van der Waals surface area (Å²) in [5.74, 6) is -1.19. The smallest absolute Gasteiger partial charge is 0.305 e. The Hall–Kier alpha value is -1.07. The molecule has 1 N–H and O–H groups in total. The van der Waals surface area contributed by atoms with Gasteiger partial charge in [0.25, 0.3) is 5.91 Å². The van der Waals surface area contributed by atoms with E-state index in [0.29, 0.717) is 15.1 Å². The van der Waals surface area contributed by atoms with Gasteiger partial charge in [-0.25, -0.2) is 0 Å². The summed E-state index contributed by atoms with van der Waals surface area (Å²) in [4.78, 5) is 23.7. The number of carbonyl (C=O) groups excluding carboxylic acids is 1. The van der Waals surface area contributed by atoms with Gasteiger partial charge in [0.1, 0.15) is 0 Å². The molecule has 1 amide bonds. The van der Waals surface area contributed by atoms with Crippen LogP contribution in [0.2, 0.25) is 5.02 Å². The van der Waals surface area contributed by atoms with Crippen LogP contribution in [0.5, 0.6) is 0 Å². The Kier molecular flexibility index (Phi) is 4.96. The molecule has 17 heavy (non-hydrogen) atoms. The van der Waals surface area contributed by atoms with Crippen LogP contribution in [0.25, 0.3) is 0 Å². The van der Waals surface area contributed by atoms with Crippen LogP contribution in [-0.4, -0.2) is 35.5 Å². The Labute approximate surface area is 112 Å². The summed E-state index contributed by atoms with van der Waals surface area (Å²) in [6.45, 7) is 0.165. The molecule has 0 heterocycles. The Balaban J connectivity index is 2.77. The van der Waals surface area contributed by atoms with Crippen LogP contribution in [0.15, 0.2) is 22.7 Å². The molecule has 0 aliphatic heterocycles. The summed E-state index contributed by atoms with van der Waals surface area (Å²) in [7, 11) is 1.56. The Bertz CT molecular complexity index is 430. The first-order valence-corrected chi connectivity index (χ1v) is 6.00. The number of benzene rings is 1. The monoisotopic (exact) mass is 319 g/mol. The third-order valence-electron chi connectivity index (χ3n) is 2.12. The highest BCUT2D eigenvalue weighted by Crippen LogP contribution is 2.20. The second kappa shape index (κ2) is 6.02. The van der Waals surface area contributed by atoms with Crippen LogP contribution < -0.4 is 0 Å². The lowest BCUT2D eigenvalue weighted by Gasteiger charge is -2.16. The Morgan fingerprint density at radius 3 is 2.59 bits per heavy atom. The second-order valence-electron chi connectivity index (χ2n) is 3.53. The fraction of sp³-hybridized carbons (Fsp3) is 0.273. The van der Waals surface area contributed by atoms with Gasteiger partial charge >= 0.3 is 5.97 Å². The van der Waals surface area contributed by atoms with E-state index in [1.807, 2.05) is 0 Å². The van der Waals surface area contributed by atoms with E-state index in [-0.39, 0.29) is 18.9 Å². The van der Waals surface area contributed by atoms with Crippen LogP contribution in [0, 0.1) is 0 Å². The maximum Gasteiger partial charge on any atom is 0.305 e. The summed E-state index contributed by atoms with van der Waals surface area (Å²) in [6.07, 6.45) is -0.0794. The first-order valence-electron chi connectivity index (χ1n) is 4.83. The van der Waals surface area contributed by atoms with Gasteiger partial charge in [-0.15, -0.1) is 0 Å². The molecule has 0 spiro atoms. The van der Waals surface area contributed by atoms with E-state index >= 15 is 0 Å². The molecule has 6 heteroatoms. The summed E-state index contributed by atoms with van der Waals surface area (Å²) >= 11 is 9.07.